The Hall–Kier alpha value is -0.830. The van der Waals surface area contributed by atoms with Gasteiger partial charge in [-0.1, -0.05) is 39.5 Å². The molecule has 0 aliphatic rings. The van der Waals surface area contributed by atoms with E-state index in [4.69, 9.17) is 6.42 Å². The highest BCUT2D eigenvalue weighted by Gasteiger charge is 2.22. The molecule has 0 aliphatic heterocycles. The van der Waals surface area contributed by atoms with Crippen LogP contribution in [0.5, 0.6) is 0 Å². The molecule has 0 atom stereocenters. The molecule has 1 rings (SSSR count). The number of nitrogens with zero attached hydrogens (tertiary/aromatic N) is 1. The molecular formula is C12H14BrNO2S. The van der Waals surface area contributed by atoms with E-state index in [9.17, 15) is 8.42 Å². The van der Waals surface area contributed by atoms with Crippen LogP contribution in [0.15, 0.2) is 29.2 Å². The van der Waals surface area contributed by atoms with Crippen LogP contribution in [0.4, 0.5) is 0 Å². The second-order valence-corrected chi connectivity index (χ2v) is 6.28. The molecule has 0 bridgehead atoms. The van der Waals surface area contributed by atoms with E-state index >= 15 is 0 Å². The molecule has 1 aromatic rings. The fourth-order valence-electron chi connectivity index (χ4n) is 1.34. The van der Waals surface area contributed by atoms with Gasteiger partial charge in [0.25, 0.3) is 0 Å². The maximum absolute atomic E-state index is 12.2. The van der Waals surface area contributed by atoms with Crippen molar-refractivity contribution in [2.75, 3.05) is 18.4 Å². The summed E-state index contributed by atoms with van der Waals surface area (Å²) in [4.78, 5) is 0.277. The van der Waals surface area contributed by atoms with E-state index in [1.807, 2.05) is 6.92 Å². The van der Waals surface area contributed by atoms with Gasteiger partial charge in [-0.2, -0.15) is 4.31 Å². The van der Waals surface area contributed by atoms with Gasteiger partial charge in [0, 0.05) is 11.9 Å². The van der Waals surface area contributed by atoms with Gasteiger partial charge in [0.1, 0.15) is 0 Å². The highest BCUT2D eigenvalue weighted by Crippen LogP contribution is 2.16. The van der Waals surface area contributed by atoms with E-state index in [0.29, 0.717) is 11.9 Å². The van der Waals surface area contributed by atoms with Crippen LogP contribution in [-0.2, 0) is 10.0 Å². The molecular weight excluding hydrogens is 302 g/mol. The highest BCUT2D eigenvalue weighted by atomic mass is 79.9. The average Bonchev–Trinajstić information content (AvgIpc) is 2.29. The lowest BCUT2D eigenvalue weighted by atomic mass is 10.2. The fourth-order valence-corrected chi connectivity index (χ4v) is 3.36. The zero-order valence-corrected chi connectivity index (χ0v) is 12.0. The summed E-state index contributed by atoms with van der Waals surface area (Å²) < 4.78 is 25.8. The van der Waals surface area contributed by atoms with Crippen molar-refractivity contribution >= 4 is 26.0 Å². The lowest BCUT2D eigenvalue weighted by Crippen LogP contribution is -2.33. The Bertz CT molecular complexity index is 502. The number of halogens is 1. The second kappa shape index (κ2) is 6.20. The first kappa shape index (κ1) is 14.2. The summed E-state index contributed by atoms with van der Waals surface area (Å²) in [6, 6.07) is 6.75. The molecule has 0 unspecified atom stereocenters. The lowest BCUT2D eigenvalue weighted by Gasteiger charge is -2.18. The molecule has 3 nitrogen and oxygen atoms in total. The molecule has 92 valence electrons. The lowest BCUT2D eigenvalue weighted by molar-refractivity contribution is 0.467. The topological polar surface area (TPSA) is 37.4 Å². The number of terminal acetylenes is 1. The summed E-state index contributed by atoms with van der Waals surface area (Å²) >= 11 is 3.22. The third kappa shape index (κ3) is 3.56. The Labute approximate surface area is 111 Å². The quantitative estimate of drug-likeness (QED) is 0.616. The van der Waals surface area contributed by atoms with Crippen LogP contribution in [0.25, 0.3) is 0 Å². The van der Waals surface area contributed by atoms with Gasteiger partial charge in [-0.15, -0.1) is 6.42 Å². The number of hydrogen-bond acceptors (Lipinski definition) is 2. The largest absolute Gasteiger partial charge is 0.243 e. The minimum absolute atomic E-state index is 0.0851. The molecule has 0 saturated carbocycles. The number of aryl methyl sites for hydroxylation is 1. The first-order chi connectivity index (χ1) is 8.02. The van der Waals surface area contributed by atoms with Gasteiger partial charge in [0.15, 0.2) is 0 Å². The van der Waals surface area contributed by atoms with E-state index in [-0.39, 0.29) is 11.4 Å². The van der Waals surface area contributed by atoms with Crippen LogP contribution in [0, 0.1) is 19.3 Å². The summed E-state index contributed by atoms with van der Waals surface area (Å²) in [5, 5.41) is 0.555. The number of alkyl halides is 1. The SMILES string of the molecule is C#CCN(CCBr)S(=O)(=O)c1ccc(C)cc1. The van der Waals surface area contributed by atoms with Gasteiger partial charge in [-0.25, -0.2) is 8.42 Å². The minimum atomic E-state index is -3.48. The van der Waals surface area contributed by atoms with Crippen LogP contribution in [0.1, 0.15) is 5.56 Å². The fraction of sp³-hybridized carbons (Fsp3) is 0.333. The van der Waals surface area contributed by atoms with E-state index in [0.717, 1.165) is 5.56 Å². The molecule has 0 heterocycles. The average molecular weight is 316 g/mol. The third-order valence-corrected chi connectivity index (χ3v) is 4.47. The summed E-state index contributed by atoms with van der Waals surface area (Å²) in [7, 11) is -3.48. The Morgan fingerprint density at radius 3 is 2.41 bits per heavy atom. The summed E-state index contributed by atoms with van der Waals surface area (Å²) in [5.74, 6) is 2.37. The van der Waals surface area contributed by atoms with Crippen molar-refractivity contribution in [2.24, 2.45) is 0 Å². The molecule has 0 saturated heterocycles. The third-order valence-electron chi connectivity index (χ3n) is 2.26. The standard InChI is InChI=1S/C12H14BrNO2S/c1-3-9-14(10-8-13)17(15,16)12-6-4-11(2)5-7-12/h1,4-7H,8-10H2,2H3. The molecule has 5 heteroatoms. The van der Waals surface area contributed by atoms with E-state index < -0.39 is 10.0 Å². The Morgan fingerprint density at radius 1 is 1.35 bits per heavy atom. The molecule has 0 fully saturated rings. The smallest absolute Gasteiger partial charge is 0.207 e. The van der Waals surface area contributed by atoms with Gasteiger partial charge in [-0.3, -0.25) is 0 Å². The summed E-state index contributed by atoms with van der Waals surface area (Å²) in [5.41, 5.74) is 1.02. The molecule has 1 aromatic carbocycles. The van der Waals surface area contributed by atoms with Crippen LogP contribution in [0.3, 0.4) is 0 Å². The van der Waals surface area contributed by atoms with Gasteiger partial charge < -0.3 is 0 Å². The highest BCUT2D eigenvalue weighted by molar-refractivity contribution is 9.09. The van der Waals surface area contributed by atoms with E-state index in [2.05, 4.69) is 21.9 Å². The molecule has 0 aromatic heterocycles. The number of rotatable bonds is 5. The second-order valence-electron chi connectivity index (χ2n) is 3.54. The maximum atomic E-state index is 12.2. The zero-order valence-electron chi connectivity index (χ0n) is 9.56. The molecule has 0 aliphatic carbocycles. The predicted octanol–water partition coefficient (Wildman–Crippen LogP) is 2.01. The molecule has 0 N–H and O–H groups in total. The van der Waals surface area contributed by atoms with Crippen LogP contribution in [0.2, 0.25) is 0 Å². The van der Waals surface area contributed by atoms with Crippen LogP contribution in [-0.4, -0.2) is 31.1 Å². The summed E-state index contributed by atoms with van der Waals surface area (Å²) in [6.45, 7) is 2.36. The predicted molar refractivity (Wildman–Crippen MR) is 72.6 cm³/mol. The van der Waals surface area contributed by atoms with Gasteiger partial charge in [0.2, 0.25) is 10.0 Å². The van der Waals surface area contributed by atoms with Gasteiger partial charge in [0.05, 0.1) is 11.4 Å². The van der Waals surface area contributed by atoms with E-state index in [1.165, 1.54) is 4.31 Å². The van der Waals surface area contributed by atoms with E-state index in [1.54, 1.807) is 24.3 Å². The minimum Gasteiger partial charge on any atom is -0.207 e. The molecule has 0 radical (unpaired) electrons. The monoisotopic (exact) mass is 315 g/mol. The summed E-state index contributed by atoms with van der Waals surface area (Å²) in [6.07, 6.45) is 5.19. The van der Waals surface area contributed by atoms with Crippen molar-refractivity contribution in [3.63, 3.8) is 0 Å². The molecule has 17 heavy (non-hydrogen) atoms. The van der Waals surface area contributed by atoms with Gasteiger partial charge >= 0.3 is 0 Å². The van der Waals surface area contributed by atoms with Crippen molar-refractivity contribution < 1.29 is 8.42 Å². The Morgan fingerprint density at radius 2 is 1.94 bits per heavy atom. The Kier molecular flexibility index (Phi) is 5.19. The normalized spacial score (nSPS) is 11.4. The van der Waals surface area contributed by atoms with Gasteiger partial charge in [-0.05, 0) is 19.1 Å². The molecule has 0 spiro atoms. The number of sulfonamides is 1. The van der Waals surface area contributed by atoms with Crippen molar-refractivity contribution in [2.45, 2.75) is 11.8 Å². The van der Waals surface area contributed by atoms with Crippen molar-refractivity contribution in [3.8, 4) is 12.3 Å². The number of benzene rings is 1. The maximum Gasteiger partial charge on any atom is 0.243 e. The molecule has 0 amide bonds. The van der Waals surface area contributed by atoms with Crippen molar-refractivity contribution in [3.05, 3.63) is 29.8 Å². The number of hydrogen-bond donors (Lipinski definition) is 0. The van der Waals surface area contributed by atoms with Crippen molar-refractivity contribution in [1.29, 1.82) is 0 Å². The first-order valence-electron chi connectivity index (χ1n) is 5.08. The Balaban J connectivity index is 3.08. The first-order valence-corrected chi connectivity index (χ1v) is 7.64. The van der Waals surface area contributed by atoms with Crippen LogP contribution < -0.4 is 0 Å². The van der Waals surface area contributed by atoms with Crippen LogP contribution >= 0.6 is 15.9 Å². The van der Waals surface area contributed by atoms with Crippen molar-refractivity contribution in [1.82, 2.24) is 4.31 Å². The zero-order chi connectivity index (χ0) is 12.9.